The van der Waals surface area contributed by atoms with Crippen LogP contribution in [0, 0.1) is 11.1 Å². The molecule has 1 atom stereocenters. The Morgan fingerprint density at radius 3 is 2.26 bits per heavy atom. The van der Waals surface area contributed by atoms with E-state index in [1.54, 1.807) is 4.90 Å². The highest BCUT2D eigenvalue weighted by Crippen LogP contribution is 2.38. The predicted molar refractivity (Wildman–Crippen MR) is 202 cm³/mol. The number of rotatable bonds is 16. The van der Waals surface area contributed by atoms with Crippen molar-refractivity contribution in [2.24, 2.45) is 5.92 Å². The number of esters is 1. The number of anilines is 1. The Kier molecular flexibility index (Phi) is 12.8. The number of halogens is 4. The molecule has 1 saturated carbocycles. The molecule has 0 spiro atoms. The summed E-state index contributed by atoms with van der Waals surface area (Å²) in [6.07, 6.45) is 3.45. The third-order valence-electron chi connectivity index (χ3n) is 9.81. The number of imide groups is 1. The normalized spacial score (nSPS) is 16.5. The number of hydrogen-bond acceptors (Lipinski definition) is 11. The SMILES string of the molecule is CC(=O)N1CCN(CCN(c2ccc3c(c2)C(=O)N(CC(=O)OC(Cc2c(Cl)c[n+]([O-])cc2Cl)c2ccc(OC(F)F)c(OCC4CC4)c2)C3=O)S(C)(=O)=O)CC1. The van der Waals surface area contributed by atoms with Gasteiger partial charge in [-0.3, -0.25) is 33.3 Å². The van der Waals surface area contributed by atoms with Crippen LogP contribution in [0.3, 0.4) is 0 Å². The summed E-state index contributed by atoms with van der Waals surface area (Å²) in [6, 6.07) is 7.95. The number of sulfonamides is 1. The highest BCUT2D eigenvalue weighted by Gasteiger charge is 2.39. The molecule has 3 heterocycles. The van der Waals surface area contributed by atoms with Gasteiger partial charge < -0.3 is 24.3 Å². The lowest BCUT2D eigenvalue weighted by molar-refractivity contribution is -0.605. The van der Waals surface area contributed by atoms with Crippen LogP contribution >= 0.6 is 23.2 Å². The molecule has 57 heavy (non-hydrogen) atoms. The molecule has 1 saturated heterocycles. The van der Waals surface area contributed by atoms with Gasteiger partial charge in [0.05, 0.1) is 29.7 Å². The molecule has 1 aliphatic carbocycles. The van der Waals surface area contributed by atoms with E-state index < -0.39 is 47.1 Å². The van der Waals surface area contributed by atoms with Crippen molar-refractivity contribution < 1.29 is 55.3 Å². The van der Waals surface area contributed by atoms with Crippen molar-refractivity contribution in [2.75, 3.05) is 63.0 Å². The topological polar surface area (TPSA) is 170 Å². The number of pyridine rings is 1. The Labute approximate surface area is 337 Å². The van der Waals surface area contributed by atoms with Gasteiger partial charge in [-0.15, -0.1) is 0 Å². The summed E-state index contributed by atoms with van der Waals surface area (Å²) in [5, 5.41) is 11.8. The summed E-state index contributed by atoms with van der Waals surface area (Å²) in [5.41, 5.74) is 0.405. The van der Waals surface area contributed by atoms with Gasteiger partial charge in [0.2, 0.25) is 15.9 Å². The molecule has 20 heteroatoms. The van der Waals surface area contributed by atoms with Gasteiger partial charge in [0.25, 0.3) is 11.8 Å². The summed E-state index contributed by atoms with van der Waals surface area (Å²) in [7, 11) is -3.85. The van der Waals surface area contributed by atoms with Crippen LogP contribution in [0.25, 0.3) is 0 Å². The molecule has 2 fully saturated rings. The molecule has 2 aromatic carbocycles. The first-order valence-electron chi connectivity index (χ1n) is 17.9. The van der Waals surface area contributed by atoms with Gasteiger partial charge in [0, 0.05) is 58.2 Å². The number of nitrogens with zero attached hydrogens (tertiary/aromatic N) is 5. The van der Waals surface area contributed by atoms with Crippen LogP contribution in [0.15, 0.2) is 48.8 Å². The number of piperazine rings is 1. The second-order valence-corrected chi connectivity index (χ2v) is 16.6. The first kappa shape index (κ1) is 41.8. The van der Waals surface area contributed by atoms with Gasteiger partial charge in [0.15, 0.2) is 23.9 Å². The standard InChI is InChI=1S/C37H39Cl2F2N5O10S/c1-22(47)43-12-9-42(10-13-43)11-14-46(57(2,52)53)25-6-7-26-27(16-25)36(50)45(35(26)49)20-34(48)55-32(17-28-29(38)18-44(51)19-30(28)39)24-5-8-31(56-37(40)41)33(15-24)54-21-23-3-4-23/h5-8,15-16,18-19,23,32,37H,3-4,9-14,17,20-21H2,1-2H3. The molecule has 306 valence electrons. The third kappa shape index (κ3) is 10.2. The maximum Gasteiger partial charge on any atom is 0.387 e. The maximum absolute atomic E-state index is 13.7. The number of carbonyl (C=O) groups excluding carboxylic acids is 4. The lowest BCUT2D eigenvalue weighted by Gasteiger charge is -2.35. The van der Waals surface area contributed by atoms with Crippen molar-refractivity contribution in [1.82, 2.24) is 14.7 Å². The van der Waals surface area contributed by atoms with Crippen LogP contribution in [0.2, 0.25) is 10.0 Å². The molecule has 15 nitrogen and oxygen atoms in total. The van der Waals surface area contributed by atoms with E-state index in [9.17, 15) is 41.6 Å². The molecule has 1 aromatic heterocycles. The van der Waals surface area contributed by atoms with Crippen LogP contribution in [0.5, 0.6) is 11.5 Å². The average Bonchev–Trinajstić information content (AvgIpc) is 3.94. The quantitative estimate of drug-likeness (QED) is 0.0882. The fraction of sp³-hybridized carbons (Fsp3) is 0.432. The Morgan fingerprint density at radius 1 is 0.982 bits per heavy atom. The molecular formula is C37H39Cl2F2N5O10S. The van der Waals surface area contributed by atoms with Crippen molar-refractivity contribution in [3.05, 3.63) is 86.3 Å². The van der Waals surface area contributed by atoms with E-state index in [0.717, 1.165) is 35.8 Å². The Hall–Kier alpha value is -4.78. The molecule has 3 aliphatic rings. The lowest BCUT2D eigenvalue weighted by Crippen LogP contribution is -2.50. The number of amides is 3. The van der Waals surface area contributed by atoms with Gasteiger partial charge in [-0.1, -0.05) is 29.3 Å². The van der Waals surface area contributed by atoms with E-state index >= 15 is 0 Å². The number of alkyl halides is 2. The van der Waals surface area contributed by atoms with Gasteiger partial charge in [0.1, 0.15) is 22.7 Å². The van der Waals surface area contributed by atoms with Gasteiger partial charge in [-0.05, 0) is 54.7 Å². The molecule has 1 unspecified atom stereocenters. The first-order valence-corrected chi connectivity index (χ1v) is 20.5. The minimum Gasteiger partial charge on any atom is -0.619 e. The van der Waals surface area contributed by atoms with Crippen LogP contribution in [0.4, 0.5) is 14.5 Å². The van der Waals surface area contributed by atoms with E-state index in [0.29, 0.717) is 42.4 Å². The van der Waals surface area contributed by atoms with Crippen molar-refractivity contribution in [2.45, 2.75) is 38.9 Å². The summed E-state index contributed by atoms with van der Waals surface area (Å²) >= 11 is 12.7. The highest BCUT2D eigenvalue weighted by atomic mass is 35.5. The smallest absolute Gasteiger partial charge is 0.387 e. The number of benzene rings is 2. The number of ether oxygens (including phenoxy) is 3. The molecule has 6 rings (SSSR count). The summed E-state index contributed by atoms with van der Waals surface area (Å²) in [6.45, 7) is 0.222. The van der Waals surface area contributed by atoms with Gasteiger partial charge in [-0.25, -0.2) is 8.42 Å². The fourth-order valence-corrected chi connectivity index (χ4v) is 8.08. The van der Waals surface area contributed by atoms with Crippen LogP contribution in [-0.2, 0) is 30.8 Å². The van der Waals surface area contributed by atoms with E-state index in [1.165, 1.54) is 43.3 Å². The highest BCUT2D eigenvalue weighted by molar-refractivity contribution is 7.92. The summed E-state index contributed by atoms with van der Waals surface area (Å²) in [5.74, 6) is -2.82. The average molecular weight is 855 g/mol. The molecule has 3 aromatic rings. The largest absolute Gasteiger partial charge is 0.619 e. The number of fused-ring (bicyclic) bond motifs is 1. The van der Waals surface area contributed by atoms with Gasteiger partial charge >= 0.3 is 12.6 Å². The van der Waals surface area contributed by atoms with Crippen molar-refractivity contribution >= 4 is 62.6 Å². The van der Waals surface area contributed by atoms with Crippen molar-refractivity contribution in [1.29, 1.82) is 0 Å². The molecule has 0 N–H and O–H groups in total. The van der Waals surface area contributed by atoms with E-state index in [-0.39, 0.29) is 80.9 Å². The molecule has 0 radical (unpaired) electrons. The Balaban J connectivity index is 1.21. The minimum atomic E-state index is -3.85. The van der Waals surface area contributed by atoms with Crippen molar-refractivity contribution in [3.8, 4) is 11.5 Å². The van der Waals surface area contributed by atoms with Crippen LogP contribution in [-0.4, -0.2) is 112 Å². The first-order chi connectivity index (χ1) is 27.0. The number of carbonyl (C=O) groups is 4. The van der Waals surface area contributed by atoms with Gasteiger partial charge in [-0.2, -0.15) is 13.5 Å². The van der Waals surface area contributed by atoms with E-state index in [2.05, 4.69) is 4.74 Å². The lowest BCUT2D eigenvalue weighted by atomic mass is 10.0. The Morgan fingerprint density at radius 2 is 1.65 bits per heavy atom. The maximum atomic E-state index is 13.7. The molecular weight excluding hydrogens is 815 g/mol. The summed E-state index contributed by atoms with van der Waals surface area (Å²) in [4.78, 5) is 56.8. The minimum absolute atomic E-state index is 0.0318. The number of aromatic nitrogens is 1. The molecule has 0 bridgehead atoms. The third-order valence-corrected chi connectivity index (χ3v) is 11.7. The fourth-order valence-electron chi connectivity index (χ4n) is 6.57. The zero-order valence-electron chi connectivity index (χ0n) is 30.9. The number of hydrogen-bond donors (Lipinski definition) is 0. The Bertz CT molecular complexity index is 2150. The predicted octanol–water partition coefficient (Wildman–Crippen LogP) is 4.07. The van der Waals surface area contributed by atoms with E-state index in [4.69, 9.17) is 32.7 Å². The zero-order chi connectivity index (χ0) is 41.2. The van der Waals surface area contributed by atoms with Crippen LogP contribution < -0.4 is 18.5 Å². The van der Waals surface area contributed by atoms with Crippen LogP contribution in [0.1, 0.15) is 57.7 Å². The second-order valence-electron chi connectivity index (χ2n) is 13.9. The zero-order valence-corrected chi connectivity index (χ0v) is 33.2. The van der Waals surface area contributed by atoms with E-state index in [1.807, 2.05) is 4.90 Å². The molecule has 2 aliphatic heterocycles. The second kappa shape index (κ2) is 17.4. The van der Waals surface area contributed by atoms with Crippen molar-refractivity contribution in [3.63, 3.8) is 0 Å². The summed E-state index contributed by atoms with van der Waals surface area (Å²) < 4.78 is 70.1. The monoisotopic (exact) mass is 853 g/mol. The molecule has 3 amide bonds.